The van der Waals surface area contributed by atoms with Crippen molar-refractivity contribution < 1.29 is 4.74 Å². The molecule has 1 heterocycles. The number of aromatic nitrogens is 1. The maximum atomic E-state index is 6.38. The highest BCUT2D eigenvalue weighted by atomic mass is 16.5. The highest BCUT2D eigenvalue weighted by molar-refractivity contribution is 5.18. The summed E-state index contributed by atoms with van der Waals surface area (Å²) in [5, 5.41) is 0. The molecular weight excluding hydrogens is 238 g/mol. The van der Waals surface area contributed by atoms with Crippen molar-refractivity contribution in [1.29, 1.82) is 0 Å². The highest BCUT2D eigenvalue weighted by Crippen LogP contribution is 2.35. The van der Waals surface area contributed by atoms with Gasteiger partial charge in [-0.1, -0.05) is 6.92 Å². The zero-order valence-electron chi connectivity index (χ0n) is 12.0. The number of methoxy groups -OCH3 is 1. The molecule has 0 amide bonds. The van der Waals surface area contributed by atoms with Crippen LogP contribution in [0, 0.1) is 0 Å². The van der Waals surface area contributed by atoms with E-state index in [0.29, 0.717) is 6.04 Å². The summed E-state index contributed by atoms with van der Waals surface area (Å²) in [6.07, 6.45) is 7.24. The lowest BCUT2D eigenvalue weighted by atomic mass is 9.97. The maximum absolute atomic E-state index is 6.38. The molecule has 106 valence electrons. The monoisotopic (exact) mass is 263 g/mol. The van der Waals surface area contributed by atoms with Crippen LogP contribution in [0.4, 0.5) is 0 Å². The first kappa shape index (κ1) is 14.4. The zero-order valence-corrected chi connectivity index (χ0v) is 12.0. The lowest BCUT2D eigenvalue weighted by Gasteiger charge is -2.35. The minimum Gasteiger partial charge on any atom is -0.383 e. The van der Waals surface area contributed by atoms with Crippen molar-refractivity contribution in [3.63, 3.8) is 0 Å². The number of nitrogens with two attached hydrogens (primary N) is 1. The minimum atomic E-state index is 0.153. The normalized spacial score (nSPS) is 18.5. The number of hydrogen-bond donors (Lipinski definition) is 1. The molecule has 1 aromatic rings. The van der Waals surface area contributed by atoms with Gasteiger partial charge in [0.25, 0.3) is 0 Å². The fourth-order valence-corrected chi connectivity index (χ4v) is 2.62. The molecule has 0 saturated heterocycles. The highest BCUT2D eigenvalue weighted by Gasteiger charge is 2.36. The summed E-state index contributed by atoms with van der Waals surface area (Å²) >= 11 is 0. The summed E-state index contributed by atoms with van der Waals surface area (Å²) in [5.74, 6) is 0. The van der Waals surface area contributed by atoms with Crippen LogP contribution in [0.15, 0.2) is 24.5 Å². The van der Waals surface area contributed by atoms with E-state index in [1.54, 1.807) is 7.11 Å². The van der Waals surface area contributed by atoms with Gasteiger partial charge in [0.05, 0.1) is 12.6 Å². The Morgan fingerprint density at radius 2 is 2.11 bits per heavy atom. The van der Waals surface area contributed by atoms with Gasteiger partial charge < -0.3 is 10.5 Å². The standard InChI is InChI=1S/C15H25N3O/c1-3-14(16)15(12-6-8-17-9-7-12)18(10-11-19-2)13-4-5-13/h6-9,13-15H,3-5,10-11,16H2,1-2H3. The summed E-state index contributed by atoms with van der Waals surface area (Å²) in [4.78, 5) is 6.63. The van der Waals surface area contributed by atoms with Gasteiger partial charge in [-0.15, -0.1) is 0 Å². The summed E-state index contributed by atoms with van der Waals surface area (Å²) < 4.78 is 5.25. The Morgan fingerprint density at radius 1 is 1.42 bits per heavy atom. The third kappa shape index (κ3) is 3.75. The van der Waals surface area contributed by atoms with Crippen molar-refractivity contribution in [2.75, 3.05) is 20.3 Å². The molecule has 2 N–H and O–H groups in total. The zero-order chi connectivity index (χ0) is 13.7. The molecule has 0 aliphatic heterocycles. The van der Waals surface area contributed by atoms with Crippen LogP contribution in [0.3, 0.4) is 0 Å². The molecule has 19 heavy (non-hydrogen) atoms. The van der Waals surface area contributed by atoms with Gasteiger partial charge in [0, 0.05) is 38.1 Å². The lowest BCUT2D eigenvalue weighted by Crippen LogP contribution is -2.43. The molecular formula is C15H25N3O. The van der Waals surface area contributed by atoms with Crippen LogP contribution in [0.1, 0.15) is 37.8 Å². The number of nitrogens with zero attached hydrogens (tertiary/aromatic N) is 2. The molecule has 0 radical (unpaired) electrons. The van der Waals surface area contributed by atoms with Crippen LogP contribution in [0.5, 0.6) is 0 Å². The fourth-order valence-electron chi connectivity index (χ4n) is 2.62. The molecule has 1 aliphatic rings. The summed E-state index contributed by atoms with van der Waals surface area (Å²) in [5.41, 5.74) is 7.66. The first-order chi connectivity index (χ1) is 9.27. The van der Waals surface area contributed by atoms with Gasteiger partial charge in [-0.3, -0.25) is 9.88 Å². The van der Waals surface area contributed by atoms with Crippen molar-refractivity contribution in [2.24, 2.45) is 5.73 Å². The van der Waals surface area contributed by atoms with Gasteiger partial charge in [-0.05, 0) is 37.0 Å². The first-order valence-corrected chi connectivity index (χ1v) is 7.18. The fraction of sp³-hybridized carbons (Fsp3) is 0.667. The summed E-state index contributed by atoms with van der Waals surface area (Å²) in [7, 11) is 1.76. The molecule has 1 aromatic heterocycles. The molecule has 0 bridgehead atoms. The van der Waals surface area contributed by atoms with E-state index >= 15 is 0 Å². The van der Waals surface area contributed by atoms with Crippen LogP contribution in [-0.4, -0.2) is 42.2 Å². The van der Waals surface area contributed by atoms with Crippen molar-refractivity contribution in [3.05, 3.63) is 30.1 Å². The van der Waals surface area contributed by atoms with E-state index in [1.165, 1.54) is 18.4 Å². The van der Waals surface area contributed by atoms with Crippen molar-refractivity contribution in [1.82, 2.24) is 9.88 Å². The van der Waals surface area contributed by atoms with Gasteiger partial charge >= 0.3 is 0 Å². The van der Waals surface area contributed by atoms with Gasteiger partial charge in [0.15, 0.2) is 0 Å². The largest absolute Gasteiger partial charge is 0.383 e. The van der Waals surface area contributed by atoms with Crippen LogP contribution in [0.2, 0.25) is 0 Å². The number of rotatable bonds is 8. The van der Waals surface area contributed by atoms with Crippen LogP contribution in [0.25, 0.3) is 0 Å². The average molecular weight is 263 g/mol. The molecule has 2 unspecified atom stereocenters. The van der Waals surface area contributed by atoms with E-state index in [0.717, 1.165) is 19.6 Å². The second-order valence-electron chi connectivity index (χ2n) is 5.26. The molecule has 1 saturated carbocycles. The minimum absolute atomic E-state index is 0.153. The Hall–Kier alpha value is -0.970. The second kappa shape index (κ2) is 6.98. The molecule has 2 atom stereocenters. The van der Waals surface area contributed by atoms with Crippen molar-refractivity contribution >= 4 is 0 Å². The van der Waals surface area contributed by atoms with E-state index in [1.807, 2.05) is 12.4 Å². The Labute approximate surface area is 116 Å². The Morgan fingerprint density at radius 3 is 2.63 bits per heavy atom. The molecule has 0 spiro atoms. The Bertz CT molecular complexity index is 367. The van der Waals surface area contributed by atoms with Gasteiger partial charge in [0.1, 0.15) is 0 Å². The second-order valence-corrected chi connectivity index (χ2v) is 5.26. The number of ether oxygens (including phenoxy) is 1. The van der Waals surface area contributed by atoms with Crippen molar-refractivity contribution in [2.45, 2.75) is 44.3 Å². The molecule has 2 rings (SSSR count). The van der Waals surface area contributed by atoms with E-state index < -0.39 is 0 Å². The molecule has 4 nitrogen and oxygen atoms in total. The van der Waals surface area contributed by atoms with Crippen LogP contribution >= 0.6 is 0 Å². The van der Waals surface area contributed by atoms with Gasteiger partial charge in [0.2, 0.25) is 0 Å². The summed E-state index contributed by atoms with van der Waals surface area (Å²) in [6, 6.07) is 5.27. The average Bonchev–Trinajstić information content (AvgIpc) is 3.28. The third-order valence-electron chi connectivity index (χ3n) is 3.85. The van der Waals surface area contributed by atoms with E-state index in [9.17, 15) is 0 Å². The smallest absolute Gasteiger partial charge is 0.0590 e. The van der Waals surface area contributed by atoms with E-state index in [-0.39, 0.29) is 12.1 Å². The van der Waals surface area contributed by atoms with Crippen LogP contribution in [-0.2, 0) is 4.74 Å². The third-order valence-corrected chi connectivity index (χ3v) is 3.85. The molecule has 0 aromatic carbocycles. The SMILES string of the molecule is CCC(N)C(c1ccncc1)N(CCOC)C1CC1. The van der Waals surface area contributed by atoms with Crippen molar-refractivity contribution in [3.8, 4) is 0 Å². The molecule has 4 heteroatoms. The van der Waals surface area contributed by atoms with E-state index in [2.05, 4.69) is 28.9 Å². The van der Waals surface area contributed by atoms with Gasteiger partial charge in [-0.2, -0.15) is 0 Å². The predicted molar refractivity (Wildman–Crippen MR) is 76.8 cm³/mol. The van der Waals surface area contributed by atoms with Crippen LogP contribution < -0.4 is 5.73 Å². The maximum Gasteiger partial charge on any atom is 0.0590 e. The Balaban J connectivity index is 2.19. The Kier molecular flexibility index (Phi) is 5.31. The lowest BCUT2D eigenvalue weighted by molar-refractivity contribution is 0.101. The topological polar surface area (TPSA) is 51.4 Å². The molecule has 1 aliphatic carbocycles. The first-order valence-electron chi connectivity index (χ1n) is 7.18. The summed E-state index contributed by atoms with van der Waals surface area (Å²) in [6.45, 7) is 3.86. The van der Waals surface area contributed by atoms with Gasteiger partial charge in [-0.25, -0.2) is 0 Å². The quantitative estimate of drug-likeness (QED) is 0.779. The number of hydrogen-bond acceptors (Lipinski definition) is 4. The van der Waals surface area contributed by atoms with E-state index in [4.69, 9.17) is 10.5 Å². The molecule has 1 fully saturated rings. The predicted octanol–water partition coefficient (Wildman–Crippen LogP) is 1.97. The number of pyridine rings is 1.